The zero-order valence-corrected chi connectivity index (χ0v) is 26.5. The molecule has 3 unspecified atom stereocenters. The van der Waals surface area contributed by atoms with Crippen LogP contribution in [0.15, 0.2) is 29.7 Å². The van der Waals surface area contributed by atoms with E-state index in [9.17, 15) is 19.4 Å². The summed E-state index contributed by atoms with van der Waals surface area (Å²) in [5.41, 5.74) is 8.76. The minimum atomic E-state index is -4.37. The fourth-order valence-electron chi connectivity index (χ4n) is 5.56. The molecule has 0 spiro atoms. The van der Waals surface area contributed by atoms with Gasteiger partial charge in [-0.1, -0.05) is 0 Å². The van der Waals surface area contributed by atoms with Crippen LogP contribution in [-0.4, -0.2) is 92.2 Å². The van der Waals surface area contributed by atoms with E-state index in [2.05, 4.69) is 37.2 Å². The van der Waals surface area contributed by atoms with Gasteiger partial charge in [0.15, 0.2) is 35.3 Å². The number of thioether (sulfide) groups is 1. The molecular formula is C21H22F2N9O8P2S3+. The minimum absolute atomic E-state index is 0.00391. The van der Waals surface area contributed by atoms with Crippen LogP contribution in [-0.2, 0) is 34.7 Å². The number of nitrogen functional groups attached to an aromatic ring is 2. The molecule has 2 saturated heterocycles. The third kappa shape index (κ3) is 5.16. The van der Waals surface area contributed by atoms with E-state index < -0.39 is 79.2 Å². The van der Waals surface area contributed by atoms with Crippen molar-refractivity contribution in [1.82, 2.24) is 34.1 Å². The lowest BCUT2D eigenvalue weighted by molar-refractivity contribution is -0.0470. The molecule has 3 aliphatic rings. The van der Waals surface area contributed by atoms with Crippen LogP contribution in [0, 0.1) is 0 Å². The van der Waals surface area contributed by atoms with Gasteiger partial charge in [-0.05, 0) is 22.4 Å². The molecule has 4 aromatic heterocycles. The minimum Gasteiger partial charge on any atom is -0.387 e. The van der Waals surface area contributed by atoms with Gasteiger partial charge in [-0.2, -0.15) is 4.98 Å². The molecular weight excluding hydrogens is 702 g/mol. The first kappa shape index (κ1) is 31.3. The Morgan fingerprint density at radius 3 is 2.82 bits per heavy atom. The first-order valence-corrected chi connectivity index (χ1v) is 18.8. The largest absolute Gasteiger partial charge is 0.582 e. The summed E-state index contributed by atoms with van der Waals surface area (Å²) in [4.78, 5) is 41.8. The van der Waals surface area contributed by atoms with Crippen molar-refractivity contribution in [3.63, 3.8) is 0 Å². The lowest BCUT2D eigenvalue weighted by atomic mass is 10.1. The molecule has 2 aliphatic heterocycles. The van der Waals surface area contributed by atoms with Crippen LogP contribution >= 0.6 is 38.0 Å². The number of rotatable bonds is 9. The van der Waals surface area contributed by atoms with Crippen molar-refractivity contribution in [1.29, 1.82) is 0 Å². The number of nitrogens with two attached hydrogens (primary N) is 2. The van der Waals surface area contributed by atoms with Crippen LogP contribution in [0.1, 0.15) is 11.6 Å². The number of anilines is 2. The van der Waals surface area contributed by atoms with Crippen LogP contribution in [0.4, 0.5) is 20.5 Å². The Morgan fingerprint density at radius 2 is 2.07 bits per heavy atom. The summed E-state index contributed by atoms with van der Waals surface area (Å²) < 4.78 is 68.0. The van der Waals surface area contributed by atoms with Crippen LogP contribution in [0.3, 0.4) is 0 Å². The molecule has 0 bridgehead atoms. The molecule has 0 radical (unpaired) electrons. The monoisotopic (exact) mass is 724 g/mol. The molecule has 4 aromatic rings. The molecule has 17 nitrogen and oxygen atoms in total. The molecule has 7 N–H and O–H groups in total. The predicted octanol–water partition coefficient (Wildman–Crippen LogP) is 1.25. The number of fused-ring (bicyclic) bond motifs is 3. The Labute approximate surface area is 265 Å². The fraction of sp³-hybridized carbons (Fsp3) is 0.476. The number of nitrogens with one attached hydrogen (secondary N) is 1. The van der Waals surface area contributed by atoms with E-state index >= 15 is 8.78 Å². The Hall–Kier alpha value is -2.36. The maximum absolute atomic E-state index is 16.4. The highest BCUT2D eigenvalue weighted by Crippen LogP contribution is 2.70. The van der Waals surface area contributed by atoms with Crippen molar-refractivity contribution in [2.24, 2.45) is 0 Å². The molecule has 3 fully saturated rings. The number of H-pyrrole nitrogens is 1. The quantitative estimate of drug-likeness (QED) is 0.105. The first-order valence-electron chi connectivity index (χ1n) is 12.9. The van der Waals surface area contributed by atoms with Gasteiger partial charge in [-0.3, -0.25) is 18.9 Å². The van der Waals surface area contributed by atoms with Gasteiger partial charge in [0.25, 0.3) is 5.56 Å². The van der Waals surface area contributed by atoms with Gasteiger partial charge < -0.3 is 35.3 Å². The summed E-state index contributed by atoms with van der Waals surface area (Å²) in [6.45, 7) is -5.01. The smallest absolute Gasteiger partial charge is 0.387 e. The number of aromatic amines is 1. The maximum Gasteiger partial charge on any atom is 0.582 e. The normalized spacial score (nSPS) is 34.3. The summed E-state index contributed by atoms with van der Waals surface area (Å²) in [5.74, 6) is -0.0524. The Bertz CT molecular complexity index is 1950. The molecule has 24 heteroatoms. The van der Waals surface area contributed by atoms with Crippen molar-refractivity contribution in [2.75, 3.05) is 18.1 Å². The van der Waals surface area contributed by atoms with E-state index in [4.69, 9.17) is 41.6 Å². The van der Waals surface area contributed by atoms with E-state index in [1.165, 1.54) is 28.0 Å². The Balaban J connectivity index is 1.11. The maximum atomic E-state index is 16.4. The number of aliphatic hydroxyl groups excluding tert-OH is 1. The Morgan fingerprint density at radius 1 is 1.29 bits per heavy atom. The zero-order valence-electron chi connectivity index (χ0n) is 22.2. The van der Waals surface area contributed by atoms with Crippen LogP contribution in [0.25, 0.3) is 22.2 Å². The van der Waals surface area contributed by atoms with Crippen LogP contribution in [0.5, 0.6) is 0 Å². The van der Waals surface area contributed by atoms with Crippen LogP contribution in [0.2, 0.25) is 0 Å². The molecule has 11 atom stereocenters. The third-order valence-electron chi connectivity index (χ3n) is 7.70. The van der Waals surface area contributed by atoms with Crippen molar-refractivity contribution >= 4 is 83.7 Å². The summed E-state index contributed by atoms with van der Waals surface area (Å²) in [5, 5.41) is 9.07. The van der Waals surface area contributed by atoms with E-state index in [-0.39, 0.29) is 28.6 Å². The highest BCUT2D eigenvalue weighted by Gasteiger charge is 2.82. The average Bonchev–Trinajstić information content (AvgIpc) is 3.49. The van der Waals surface area contributed by atoms with E-state index in [1.807, 2.05) is 0 Å². The van der Waals surface area contributed by atoms with Crippen molar-refractivity contribution < 1.29 is 41.7 Å². The van der Waals surface area contributed by atoms with Gasteiger partial charge >= 0.3 is 13.9 Å². The highest BCUT2D eigenvalue weighted by atomic mass is 32.7. The van der Waals surface area contributed by atoms with Crippen molar-refractivity contribution in [3.8, 4) is 0 Å². The topological polar surface area (TPSA) is 241 Å². The van der Waals surface area contributed by atoms with Gasteiger partial charge in [0.05, 0.1) is 23.6 Å². The number of hydrogen-bond acceptors (Lipinski definition) is 15. The second kappa shape index (κ2) is 11.1. The number of ether oxygens (including phenoxy) is 1. The summed E-state index contributed by atoms with van der Waals surface area (Å²) in [6, 6.07) is 1.57. The number of nitrogens with zero attached hydrogens (tertiary/aromatic N) is 6. The van der Waals surface area contributed by atoms with Gasteiger partial charge in [-0.25, -0.2) is 23.7 Å². The lowest BCUT2D eigenvalue weighted by Gasteiger charge is -2.29. The first-order chi connectivity index (χ1) is 21.3. The van der Waals surface area contributed by atoms with Crippen molar-refractivity contribution in [3.05, 3.63) is 35.3 Å². The number of aromatic nitrogens is 7. The number of halogens is 2. The van der Waals surface area contributed by atoms with E-state index in [0.29, 0.717) is 5.39 Å². The van der Waals surface area contributed by atoms with Gasteiger partial charge in [0.1, 0.15) is 53.7 Å². The van der Waals surface area contributed by atoms with E-state index in [1.54, 1.807) is 6.07 Å². The number of alkyl halides is 2. The average molecular weight is 725 g/mol. The molecule has 6 heterocycles. The second-order valence-corrected chi connectivity index (χ2v) is 16.0. The zero-order chi connectivity index (χ0) is 32.0. The molecule has 0 aromatic carbocycles. The van der Waals surface area contributed by atoms with Crippen LogP contribution < -0.4 is 17.0 Å². The molecule has 0 amide bonds. The van der Waals surface area contributed by atoms with E-state index in [0.717, 1.165) is 11.8 Å². The third-order valence-corrected chi connectivity index (χ3v) is 11.6. The number of thiol groups is 1. The van der Waals surface area contributed by atoms with Gasteiger partial charge in [0.2, 0.25) is 5.95 Å². The number of aliphatic hydroxyl groups is 1. The lowest BCUT2D eigenvalue weighted by Crippen LogP contribution is -2.35. The second-order valence-electron chi connectivity index (χ2n) is 10.3. The SMILES string of the molecule is Nc1nc2c(ncn2[C@@H]2S[C@@H]3C(O[P+](=O)S)[C@]3(F)[C@H]2OP(O)(=S)OC[C@H]2O[C@@H](n3ccc4c(N)ncnc43)[C@@H](F)[C@@H]2O)c(=O)[nH]1. The molecule has 1 aliphatic carbocycles. The molecule has 7 rings (SSSR count). The van der Waals surface area contributed by atoms with Crippen molar-refractivity contribution in [2.45, 2.75) is 53.1 Å². The van der Waals surface area contributed by atoms with Gasteiger partial charge in [-0.15, -0.1) is 16.3 Å². The van der Waals surface area contributed by atoms with Gasteiger partial charge in [0, 0.05) is 6.20 Å². The number of hydrogen-bond donors (Lipinski definition) is 6. The fourth-order valence-corrected chi connectivity index (χ4v) is 9.73. The Kier molecular flexibility index (Phi) is 7.72. The highest BCUT2D eigenvalue weighted by molar-refractivity contribution is 8.39. The summed E-state index contributed by atoms with van der Waals surface area (Å²) in [6.07, 6.45) is -5.29. The molecule has 1 saturated carbocycles. The number of imidazole rings is 1. The standard InChI is InChI=1S/C21H21F2N9O8P2S3/c22-8-10(33)7(38-18(8)31-2-1-6-14(24)26-4-27-15(6)31)3-37-42(36,44)40-12-19(45-13-11(21(12,13)23)39-41(35)43)32-5-28-9-16(32)29-20(25)30-17(9)34/h1-2,4-5,7-8,10-13,18-19,33H,3H2,(H6-,24,25,26,27,29,30,34,35,36,43,44)/p+1/t7-,8+,10-,11?,12+,13-,18-,19-,21+,42?/m1/s1. The predicted molar refractivity (Wildman–Crippen MR) is 162 cm³/mol. The summed E-state index contributed by atoms with van der Waals surface area (Å²) >= 11 is 9.87. The summed E-state index contributed by atoms with van der Waals surface area (Å²) in [7, 11) is -2.50. The molecule has 240 valence electrons. The molecule has 45 heavy (non-hydrogen) atoms.